The highest BCUT2D eigenvalue weighted by atomic mass is 16.3. The Morgan fingerprint density at radius 1 is 1.17 bits per heavy atom. The smallest absolute Gasteiger partial charge is 0.0671 e. The third-order valence-corrected chi connectivity index (χ3v) is 4.40. The molecule has 2 aliphatic carbocycles. The van der Waals surface area contributed by atoms with Gasteiger partial charge < -0.3 is 10.4 Å². The Morgan fingerprint density at radius 2 is 1.89 bits per heavy atom. The Morgan fingerprint density at radius 3 is 2.44 bits per heavy atom. The van der Waals surface area contributed by atoms with Gasteiger partial charge in [-0.25, -0.2) is 0 Å². The summed E-state index contributed by atoms with van der Waals surface area (Å²) >= 11 is 0. The van der Waals surface area contributed by atoms with Crippen LogP contribution in [0.15, 0.2) is 18.6 Å². The predicted octanol–water partition coefficient (Wildman–Crippen LogP) is 1.40. The molecule has 0 bridgehead atoms. The van der Waals surface area contributed by atoms with Crippen molar-refractivity contribution < 1.29 is 5.11 Å². The molecular weight excluding hydrogens is 226 g/mol. The fraction of sp³-hybridized carbons (Fsp3) is 0.714. The third-order valence-electron chi connectivity index (χ3n) is 4.40. The summed E-state index contributed by atoms with van der Waals surface area (Å²) in [6.07, 6.45) is 12.2. The molecule has 1 aromatic rings. The van der Waals surface area contributed by atoms with E-state index in [1.165, 1.54) is 12.8 Å². The van der Waals surface area contributed by atoms with Crippen molar-refractivity contribution in [3.63, 3.8) is 0 Å². The van der Waals surface area contributed by atoms with E-state index in [4.69, 9.17) is 0 Å². The van der Waals surface area contributed by atoms with Crippen LogP contribution in [0.5, 0.6) is 0 Å². The lowest BCUT2D eigenvalue weighted by Gasteiger charge is -2.38. The molecule has 1 heterocycles. The Hall–Kier alpha value is -1.00. The molecule has 4 nitrogen and oxygen atoms in total. The number of hydrogen-bond donors (Lipinski definition) is 2. The Bertz CT molecular complexity index is 383. The molecule has 98 valence electrons. The van der Waals surface area contributed by atoms with Gasteiger partial charge in [-0.2, -0.15) is 0 Å². The van der Waals surface area contributed by atoms with Crippen molar-refractivity contribution in [2.75, 3.05) is 6.61 Å². The molecule has 0 radical (unpaired) electrons. The molecule has 0 amide bonds. The van der Waals surface area contributed by atoms with Gasteiger partial charge >= 0.3 is 0 Å². The second kappa shape index (κ2) is 4.94. The van der Waals surface area contributed by atoms with E-state index in [1.807, 2.05) is 6.20 Å². The summed E-state index contributed by atoms with van der Waals surface area (Å²) in [4.78, 5) is 8.54. The zero-order chi connectivity index (χ0) is 12.4. The van der Waals surface area contributed by atoms with Gasteiger partial charge in [-0.3, -0.25) is 9.97 Å². The number of aliphatic hydroxyl groups is 1. The Kier molecular flexibility index (Phi) is 3.31. The molecule has 0 spiro atoms. The summed E-state index contributed by atoms with van der Waals surface area (Å²) in [5.41, 5.74) is 0.799. The van der Waals surface area contributed by atoms with Crippen molar-refractivity contribution >= 4 is 0 Å². The van der Waals surface area contributed by atoms with Crippen LogP contribution in [0.4, 0.5) is 0 Å². The lowest BCUT2D eigenvalue weighted by atomic mass is 9.71. The van der Waals surface area contributed by atoms with E-state index < -0.39 is 0 Å². The normalized spacial score (nSPS) is 32.4. The highest BCUT2D eigenvalue weighted by molar-refractivity contribution is 5.15. The van der Waals surface area contributed by atoms with E-state index in [2.05, 4.69) is 15.3 Å². The standard InChI is InChI=1S/C14H21N3O/c18-10-14(13-9-15-7-8-16-13)5-3-12(4-6-14)17-11-1-2-11/h7-9,11-12,17-18H,1-6,10H2. The highest BCUT2D eigenvalue weighted by Crippen LogP contribution is 2.38. The van der Waals surface area contributed by atoms with Gasteiger partial charge in [-0.05, 0) is 38.5 Å². The SMILES string of the molecule is OCC1(c2cnccn2)CCC(NC2CC2)CC1. The molecule has 1 aromatic heterocycles. The molecule has 0 aliphatic heterocycles. The Labute approximate surface area is 108 Å². The summed E-state index contributed by atoms with van der Waals surface area (Å²) in [6, 6.07) is 1.40. The lowest BCUT2D eigenvalue weighted by Crippen LogP contribution is -2.43. The fourth-order valence-corrected chi connectivity index (χ4v) is 2.99. The highest BCUT2D eigenvalue weighted by Gasteiger charge is 2.38. The first-order chi connectivity index (χ1) is 8.82. The molecule has 0 atom stereocenters. The average Bonchev–Trinajstić information content (AvgIpc) is 3.25. The summed E-state index contributed by atoms with van der Waals surface area (Å²) in [5.74, 6) is 0. The molecule has 3 rings (SSSR count). The van der Waals surface area contributed by atoms with Gasteiger partial charge in [0.05, 0.1) is 12.3 Å². The maximum absolute atomic E-state index is 9.79. The van der Waals surface area contributed by atoms with Crippen molar-refractivity contribution in [1.82, 2.24) is 15.3 Å². The molecule has 0 unspecified atom stereocenters. The quantitative estimate of drug-likeness (QED) is 0.844. The minimum atomic E-state index is -0.157. The van der Waals surface area contributed by atoms with E-state index in [0.717, 1.165) is 37.4 Å². The van der Waals surface area contributed by atoms with Gasteiger partial charge in [-0.1, -0.05) is 0 Å². The summed E-state index contributed by atoms with van der Waals surface area (Å²) in [5, 5.41) is 13.5. The van der Waals surface area contributed by atoms with Gasteiger partial charge in [0.15, 0.2) is 0 Å². The van der Waals surface area contributed by atoms with Gasteiger partial charge in [0, 0.05) is 36.1 Å². The van der Waals surface area contributed by atoms with Crippen LogP contribution in [0.1, 0.15) is 44.2 Å². The average molecular weight is 247 g/mol. The van der Waals surface area contributed by atoms with Crippen LogP contribution in [0, 0.1) is 0 Å². The molecular formula is C14H21N3O. The zero-order valence-corrected chi connectivity index (χ0v) is 10.7. The van der Waals surface area contributed by atoms with Crippen LogP contribution in [-0.2, 0) is 5.41 Å². The molecule has 2 saturated carbocycles. The first-order valence-corrected chi connectivity index (χ1v) is 6.96. The molecule has 4 heteroatoms. The zero-order valence-electron chi connectivity index (χ0n) is 10.7. The summed E-state index contributed by atoms with van der Waals surface area (Å²) < 4.78 is 0. The van der Waals surface area contributed by atoms with Gasteiger partial charge in [0.25, 0.3) is 0 Å². The summed E-state index contributed by atoms with van der Waals surface area (Å²) in [6.45, 7) is 0.182. The molecule has 18 heavy (non-hydrogen) atoms. The molecule has 2 aliphatic rings. The number of hydrogen-bond acceptors (Lipinski definition) is 4. The number of aromatic nitrogens is 2. The first-order valence-electron chi connectivity index (χ1n) is 6.96. The minimum absolute atomic E-state index is 0.157. The third kappa shape index (κ3) is 2.40. The van der Waals surface area contributed by atoms with Crippen LogP contribution in [-0.4, -0.2) is 33.8 Å². The second-order valence-corrected chi connectivity index (χ2v) is 5.74. The molecule has 2 N–H and O–H groups in total. The number of nitrogens with zero attached hydrogens (tertiary/aromatic N) is 2. The van der Waals surface area contributed by atoms with E-state index in [9.17, 15) is 5.11 Å². The van der Waals surface area contributed by atoms with Gasteiger partial charge in [0.1, 0.15) is 0 Å². The molecule has 0 aromatic carbocycles. The van der Waals surface area contributed by atoms with Gasteiger partial charge in [-0.15, -0.1) is 0 Å². The van der Waals surface area contributed by atoms with Crippen LogP contribution in [0.25, 0.3) is 0 Å². The van der Waals surface area contributed by atoms with Crippen LogP contribution in [0.3, 0.4) is 0 Å². The minimum Gasteiger partial charge on any atom is -0.395 e. The second-order valence-electron chi connectivity index (χ2n) is 5.74. The molecule has 0 saturated heterocycles. The van der Waals surface area contributed by atoms with Crippen molar-refractivity contribution in [3.8, 4) is 0 Å². The van der Waals surface area contributed by atoms with Crippen molar-refractivity contribution in [3.05, 3.63) is 24.3 Å². The topological polar surface area (TPSA) is 58.0 Å². The van der Waals surface area contributed by atoms with Crippen LogP contribution in [0.2, 0.25) is 0 Å². The van der Waals surface area contributed by atoms with Crippen LogP contribution >= 0.6 is 0 Å². The van der Waals surface area contributed by atoms with Crippen LogP contribution < -0.4 is 5.32 Å². The van der Waals surface area contributed by atoms with Crippen molar-refractivity contribution in [2.45, 2.75) is 56.0 Å². The van der Waals surface area contributed by atoms with E-state index >= 15 is 0 Å². The molecule has 2 fully saturated rings. The summed E-state index contributed by atoms with van der Waals surface area (Å²) in [7, 11) is 0. The largest absolute Gasteiger partial charge is 0.395 e. The van der Waals surface area contributed by atoms with E-state index in [1.54, 1.807) is 12.4 Å². The number of aliphatic hydroxyl groups excluding tert-OH is 1. The Balaban J connectivity index is 1.67. The maximum Gasteiger partial charge on any atom is 0.0671 e. The van der Waals surface area contributed by atoms with Crippen molar-refractivity contribution in [1.29, 1.82) is 0 Å². The van der Waals surface area contributed by atoms with E-state index in [0.29, 0.717) is 6.04 Å². The van der Waals surface area contributed by atoms with Crippen molar-refractivity contribution in [2.24, 2.45) is 0 Å². The maximum atomic E-state index is 9.79. The van der Waals surface area contributed by atoms with E-state index in [-0.39, 0.29) is 12.0 Å². The number of rotatable bonds is 4. The number of nitrogens with one attached hydrogen (secondary N) is 1. The fourth-order valence-electron chi connectivity index (χ4n) is 2.99. The monoisotopic (exact) mass is 247 g/mol. The van der Waals surface area contributed by atoms with Gasteiger partial charge in [0.2, 0.25) is 0 Å². The first kappa shape index (κ1) is 12.1. The lowest BCUT2D eigenvalue weighted by molar-refractivity contribution is 0.134. The predicted molar refractivity (Wildman–Crippen MR) is 69.2 cm³/mol.